The van der Waals surface area contributed by atoms with Crippen LogP contribution in [0, 0.1) is 0 Å². The SMILES string of the molecule is CC(C)(C)OC(=O)Cn1c(-c2ccc3c(c2)OCO3)ncc(Br)c1=O. The summed E-state index contributed by atoms with van der Waals surface area (Å²) in [5.74, 6) is 1.02. The third-order valence-electron chi connectivity index (χ3n) is 3.34. The van der Waals surface area contributed by atoms with E-state index in [1.54, 1.807) is 39.0 Å². The molecule has 1 aromatic heterocycles. The average molecular weight is 409 g/mol. The molecular formula is C17H17BrN2O5. The summed E-state index contributed by atoms with van der Waals surface area (Å²) < 4.78 is 17.5. The van der Waals surface area contributed by atoms with E-state index in [1.165, 1.54) is 10.8 Å². The Morgan fingerprint density at radius 1 is 1.32 bits per heavy atom. The van der Waals surface area contributed by atoms with Crippen LogP contribution in [0.1, 0.15) is 20.8 Å². The van der Waals surface area contributed by atoms with E-state index in [1.807, 2.05) is 0 Å². The summed E-state index contributed by atoms with van der Waals surface area (Å²) in [6.07, 6.45) is 1.41. The smallest absolute Gasteiger partial charge is 0.326 e. The molecule has 1 aromatic carbocycles. The minimum absolute atomic E-state index is 0.150. The first-order valence-corrected chi connectivity index (χ1v) is 8.41. The van der Waals surface area contributed by atoms with E-state index in [9.17, 15) is 9.59 Å². The van der Waals surface area contributed by atoms with Gasteiger partial charge in [-0.2, -0.15) is 0 Å². The van der Waals surface area contributed by atoms with Gasteiger partial charge in [0.15, 0.2) is 11.5 Å². The maximum Gasteiger partial charge on any atom is 0.326 e. The second-order valence-electron chi connectivity index (χ2n) is 6.48. The summed E-state index contributed by atoms with van der Waals surface area (Å²) in [4.78, 5) is 29.0. The van der Waals surface area contributed by atoms with E-state index in [-0.39, 0.29) is 23.4 Å². The monoisotopic (exact) mass is 408 g/mol. The lowest BCUT2D eigenvalue weighted by Crippen LogP contribution is -2.32. The van der Waals surface area contributed by atoms with Crippen molar-refractivity contribution < 1.29 is 19.0 Å². The molecule has 0 fully saturated rings. The van der Waals surface area contributed by atoms with Gasteiger partial charge in [0.25, 0.3) is 5.56 Å². The first-order chi connectivity index (χ1) is 11.7. The Kier molecular flexibility index (Phi) is 4.55. The number of ether oxygens (including phenoxy) is 3. The van der Waals surface area contributed by atoms with Crippen LogP contribution in [-0.2, 0) is 16.1 Å². The van der Waals surface area contributed by atoms with Crippen LogP contribution in [0.2, 0.25) is 0 Å². The molecule has 0 bridgehead atoms. The summed E-state index contributed by atoms with van der Waals surface area (Å²) in [7, 11) is 0. The number of esters is 1. The van der Waals surface area contributed by atoms with E-state index in [2.05, 4.69) is 20.9 Å². The van der Waals surface area contributed by atoms with E-state index >= 15 is 0 Å². The van der Waals surface area contributed by atoms with Gasteiger partial charge in [-0.3, -0.25) is 14.2 Å². The fourth-order valence-electron chi connectivity index (χ4n) is 2.38. The number of hydrogen-bond donors (Lipinski definition) is 0. The zero-order valence-electron chi connectivity index (χ0n) is 14.0. The van der Waals surface area contributed by atoms with Crippen molar-refractivity contribution in [1.82, 2.24) is 9.55 Å². The van der Waals surface area contributed by atoms with Crippen LogP contribution in [0.4, 0.5) is 0 Å². The zero-order valence-corrected chi connectivity index (χ0v) is 15.6. The minimum Gasteiger partial charge on any atom is -0.459 e. The first kappa shape index (κ1) is 17.5. The van der Waals surface area contributed by atoms with Crippen LogP contribution in [0.5, 0.6) is 11.5 Å². The number of aromatic nitrogens is 2. The van der Waals surface area contributed by atoms with Gasteiger partial charge in [0, 0.05) is 11.8 Å². The van der Waals surface area contributed by atoms with Gasteiger partial charge in [-0.25, -0.2) is 4.98 Å². The molecule has 2 aromatic rings. The fourth-order valence-corrected chi connectivity index (χ4v) is 2.70. The Morgan fingerprint density at radius 3 is 2.76 bits per heavy atom. The summed E-state index contributed by atoms with van der Waals surface area (Å²) >= 11 is 3.16. The van der Waals surface area contributed by atoms with Crippen molar-refractivity contribution in [2.45, 2.75) is 32.9 Å². The van der Waals surface area contributed by atoms with E-state index in [0.717, 1.165) is 0 Å². The highest BCUT2D eigenvalue weighted by Gasteiger charge is 2.21. The second-order valence-corrected chi connectivity index (χ2v) is 7.33. The van der Waals surface area contributed by atoms with Gasteiger partial charge in [0.1, 0.15) is 22.4 Å². The van der Waals surface area contributed by atoms with E-state index in [4.69, 9.17) is 14.2 Å². The molecule has 0 N–H and O–H groups in total. The molecule has 0 saturated heterocycles. The lowest BCUT2D eigenvalue weighted by molar-refractivity contribution is -0.155. The second kappa shape index (κ2) is 6.51. The van der Waals surface area contributed by atoms with Crippen LogP contribution in [0.15, 0.2) is 33.7 Å². The van der Waals surface area contributed by atoms with E-state index < -0.39 is 11.6 Å². The summed E-state index contributed by atoms with van der Waals surface area (Å²) in [5.41, 5.74) is -0.370. The third-order valence-corrected chi connectivity index (χ3v) is 3.89. The predicted octanol–water partition coefficient (Wildman–Crippen LogP) is 2.74. The number of carbonyl (C=O) groups is 1. The molecule has 0 aliphatic carbocycles. The molecule has 0 atom stereocenters. The molecule has 1 aliphatic rings. The van der Waals surface area contributed by atoms with Crippen molar-refractivity contribution in [3.05, 3.63) is 39.2 Å². The quantitative estimate of drug-likeness (QED) is 0.726. The number of hydrogen-bond acceptors (Lipinski definition) is 6. The van der Waals surface area contributed by atoms with Crippen LogP contribution < -0.4 is 15.0 Å². The molecule has 0 unspecified atom stereocenters. The molecule has 25 heavy (non-hydrogen) atoms. The highest BCUT2D eigenvalue weighted by atomic mass is 79.9. The van der Waals surface area contributed by atoms with Crippen LogP contribution in [0.25, 0.3) is 11.4 Å². The molecule has 3 rings (SSSR count). The molecule has 0 saturated carbocycles. The van der Waals surface area contributed by atoms with Crippen molar-refractivity contribution in [2.24, 2.45) is 0 Å². The van der Waals surface area contributed by atoms with Gasteiger partial charge < -0.3 is 14.2 Å². The van der Waals surface area contributed by atoms with Gasteiger partial charge in [-0.15, -0.1) is 0 Å². The Balaban J connectivity index is 2.01. The minimum atomic E-state index is -0.640. The van der Waals surface area contributed by atoms with Gasteiger partial charge in [-0.1, -0.05) is 0 Å². The molecule has 1 aliphatic heterocycles. The maximum atomic E-state index is 12.5. The lowest BCUT2D eigenvalue weighted by atomic mass is 10.2. The number of halogens is 1. The normalized spacial score (nSPS) is 13.0. The zero-order chi connectivity index (χ0) is 18.2. The van der Waals surface area contributed by atoms with Crippen molar-refractivity contribution in [1.29, 1.82) is 0 Å². The van der Waals surface area contributed by atoms with Crippen molar-refractivity contribution in [2.75, 3.05) is 6.79 Å². The molecule has 2 heterocycles. The van der Waals surface area contributed by atoms with Crippen molar-refractivity contribution >= 4 is 21.9 Å². The maximum absolute atomic E-state index is 12.5. The number of carbonyl (C=O) groups excluding carboxylic acids is 1. The first-order valence-electron chi connectivity index (χ1n) is 7.62. The number of nitrogens with zero attached hydrogens (tertiary/aromatic N) is 2. The molecule has 0 radical (unpaired) electrons. The summed E-state index contributed by atoms with van der Waals surface area (Å²) in [6.45, 7) is 5.21. The largest absolute Gasteiger partial charge is 0.459 e. The van der Waals surface area contributed by atoms with Gasteiger partial charge >= 0.3 is 5.97 Å². The van der Waals surface area contributed by atoms with Crippen molar-refractivity contribution in [3.8, 4) is 22.9 Å². The highest BCUT2D eigenvalue weighted by Crippen LogP contribution is 2.35. The van der Waals surface area contributed by atoms with Crippen molar-refractivity contribution in [3.63, 3.8) is 0 Å². The molecule has 7 nitrogen and oxygen atoms in total. The molecule has 0 spiro atoms. The number of fused-ring (bicyclic) bond motifs is 1. The Hall–Kier alpha value is -2.35. The standard InChI is InChI=1S/C17H17BrN2O5/c1-17(2,3)25-14(21)8-20-15(19-7-11(18)16(20)22)10-4-5-12-13(6-10)24-9-23-12/h4-7H,8-9H2,1-3H3. The Bertz CT molecular complexity index is 886. The van der Waals surface area contributed by atoms with Gasteiger partial charge in [0.2, 0.25) is 6.79 Å². The Labute approximate surface area is 152 Å². The Morgan fingerprint density at radius 2 is 2.04 bits per heavy atom. The number of rotatable bonds is 3. The number of benzene rings is 1. The summed E-state index contributed by atoms with van der Waals surface area (Å²) in [6, 6.07) is 5.22. The van der Waals surface area contributed by atoms with Gasteiger partial charge in [0.05, 0.1) is 0 Å². The predicted molar refractivity (Wildman–Crippen MR) is 93.6 cm³/mol. The van der Waals surface area contributed by atoms with Crippen LogP contribution >= 0.6 is 15.9 Å². The average Bonchev–Trinajstić information content (AvgIpc) is 2.97. The van der Waals surface area contributed by atoms with Crippen LogP contribution in [-0.4, -0.2) is 27.9 Å². The van der Waals surface area contributed by atoms with Crippen LogP contribution in [0.3, 0.4) is 0 Å². The molecule has 8 heteroatoms. The topological polar surface area (TPSA) is 79.7 Å². The molecular weight excluding hydrogens is 392 g/mol. The molecule has 0 amide bonds. The fraction of sp³-hybridized carbons (Fsp3) is 0.353. The van der Waals surface area contributed by atoms with Gasteiger partial charge in [-0.05, 0) is 54.9 Å². The third kappa shape index (κ3) is 3.84. The van der Waals surface area contributed by atoms with E-state index in [0.29, 0.717) is 22.9 Å². The highest BCUT2D eigenvalue weighted by molar-refractivity contribution is 9.10. The lowest BCUT2D eigenvalue weighted by Gasteiger charge is -2.20. The molecule has 132 valence electrons. The summed E-state index contributed by atoms with van der Waals surface area (Å²) in [5, 5.41) is 0.